The molecule has 1 aromatic carbocycles. The summed E-state index contributed by atoms with van der Waals surface area (Å²) in [6, 6.07) is 7.73. The summed E-state index contributed by atoms with van der Waals surface area (Å²) in [5.74, 6) is -0.332. The number of hydrogen-bond donors (Lipinski definition) is 1. The first-order valence-corrected chi connectivity index (χ1v) is 4.89. The third-order valence-corrected chi connectivity index (χ3v) is 2.95. The lowest BCUT2D eigenvalue weighted by molar-refractivity contribution is -0.115. The van der Waals surface area contributed by atoms with Crippen LogP contribution >= 0.6 is 0 Å². The quantitative estimate of drug-likeness (QED) is 0.677. The van der Waals surface area contributed by atoms with Gasteiger partial charge in [-0.15, -0.1) is 0 Å². The van der Waals surface area contributed by atoms with Crippen molar-refractivity contribution < 1.29 is 4.79 Å². The molecule has 0 radical (unpaired) electrons. The van der Waals surface area contributed by atoms with Crippen molar-refractivity contribution in [3.8, 4) is 0 Å². The maximum atomic E-state index is 11.7. The van der Waals surface area contributed by atoms with Crippen LogP contribution in [0.2, 0.25) is 0 Å². The molecule has 0 heterocycles. The molecule has 0 saturated carbocycles. The molecule has 1 N–H and O–H groups in total. The second kappa shape index (κ2) is 2.76. The molecule has 0 fully saturated rings. The van der Waals surface area contributed by atoms with E-state index in [4.69, 9.17) is 5.41 Å². The van der Waals surface area contributed by atoms with Crippen LogP contribution in [-0.4, -0.2) is 11.5 Å². The predicted octanol–water partition coefficient (Wildman–Crippen LogP) is 2.21. The first-order valence-electron chi connectivity index (χ1n) is 4.89. The summed E-state index contributed by atoms with van der Waals surface area (Å²) < 4.78 is 0. The molecule has 3 rings (SSSR count). The van der Waals surface area contributed by atoms with Gasteiger partial charge >= 0.3 is 0 Å². The zero-order chi connectivity index (χ0) is 10.4. The predicted molar refractivity (Wildman–Crippen MR) is 58.9 cm³/mol. The van der Waals surface area contributed by atoms with Gasteiger partial charge in [-0.3, -0.25) is 4.79 Å². The second-order valence-corrected chi connectivity index (χ2v) is 3.78. The summed E-state index contributed by atoms with van der Waals surface area (Å²) in [5, 5.41) is 7.99. The Hall–Kier alpha value is -1.96. The third-order valence-electron chi connectivity index (χ3n) is 2.95. The van der Waals surface area contributed by atoms with E-state index in [1.165, 1.54) is 0 Å². The van der Waals surface area contributed by atoms with Crippen molar-refractivity contribution in [1.82, 2.24) is 0 Å². The molecule has 2 heteroatoms. The standard InChI is InChI=1S/C13H9NO/c14-13-10-5-2-1-4-8(10)9-6-3-7-11(15)12(9)13/h1-7,12,14H. The van der Waals surface area contributed by atoms with E-state index in [-0.39, 0.29) is 11.7 Å². The summed E-state index contributed by atoms with van der Waals surface area (Å²) in [5.41, 5.74) is 3.34. The highest BCUT2D eigenvalue weighted by molar-refractivity contribution is 6.28. The van der Waals surface area contributed by atoms with Gasteiger partial charge in [0.05, 0.1) is 11.6 Å². The Kier molecular flexibility index (Phi) is 1.54. The van der Waals surface area contributed by atoms with Gasteiger partial charge in [-0.25, -0.2) is 0 Å². The van der Waals surface area contributed by atoms with Gasteiger partial charge < -0.3 is 5.41 Å². The van der Waals surface area contributed by atoms with Crippen LogP contribution in [0.15, 0.2) is 42.5 Å². The van der Waals surface area contributed by atoms with Gasteiger partial charge in [0.1, 0.15) is 0 Å². The minimum atomic E-state index is -0.354. The Morgan fingerprint density at radius 1 is 1.13 bits per heavy atom. The lowest BCUT2D eigenvalue weighted by Gasteiger charge is -2.11. The van der Waals surface area contributed by atoms with E-state index in [0.29, 0.717) is 5.71 Å². The lowest BCUT2D eigenvalue weighted by Crippen LogP contribution is -2.19. The highest BCUT2D eigenvalue weighted by atomic mass is 16.1. The van der Waals surface area contributed by atoms with Gasteiger partial charge in [0.15, 0.2) is 5.78 Å². The zero-order valence-corrected chi connectivity index (χ0v) is 8.03. The average molecular weight is 195 g/mol. The molecular weight excluding hydrogens is 186 g/mol. The van der Waals surface area contributed by atoms with E-state index in [9.17, 15) is 4.79 Å². The van der Waals surface area contributed by atoms with Crippen molar-refractivity contribution in [2.24, 2.45) is 5.92 Å². The molecule has 0 bridgehead atoms. The first-order chi connectivity index (χ1) is 7.29. The smallest absolute Gasteiger partial charge is 0.169 e. The van der Waals surface area contributed by atoms with Crippen LogP contribution in [0.4, 0.5) is 0 Å². The van der Waals surface area contributed by atoms with Crippen LogP contribution < -0.4 is 0 Å². The Morgan fingerprint density at radius 2 is 1.87 bits per heavy atom. The Bertz CT molecular complexity index is 537. The van der Waals surface area contributed by atoms with E-state index < -0.39 is 0 Å². The highest BCUT2D eigenvalue weighted by Gasteiger charge is 2.36. The van der Waals surface area contributed by atoms with Crippen LogP contribution in [0.5, 0.6) is 0 Å². The maximum absolute atomic E-state index is 11.7. The van der Waals surface area contributed by atoms with Crippen LogP contribution in [-0.2, 0) is 4.79 Å². The number of benzene rings is 1. The van der Waals surface area contributed by atoms with Gasteiger partial charge in [0.25, 0.3) is 0 Å². The molecule has 0 saturated heterocycles. The summed E-state index contributed by atoms with van der Waals surface area (Å²) in [6.45, 7) is 0. The zero-order valence-electron chi connectivity index (χ0n) is 8.03. The summed E-state index contributed by atoms with van der Waals surface area (Å²) in [4.78, 5) is 11.7. The van der Waals surface area contributed by atoms with Crippen LogP contribution in [0.25, 0.3) is 5.57 Å². The fourth-order valence-corrected chi connectivity index (χ4v) is 2.26. The van der Waals surface area contributed by atoms with Gasteiger partial charge in [-0.05, 0) is 17.2 Å². The Labute approximate surface area is 87.4 Å². The van der Waals surface area contributed by atoms with E-state index in [0.717, 1.165) is 16.7 Å². The molecule has 2 aliphatic rings. The molecule has 2 nitrogen and oxygen atoms in total. The lowest BCUT2D eigenvalue weighted by atomic mass is 9.90. The monoisotopic (exact) mass is 195 g/mol. The van der Waals surface area contributed by atoms with E-state index >= 15 is 0 Å². The number of ketones is 1. The van der Waals surface area contributed by atoms with Crippen molar-refractivity contribution in [2.75, 3.05) is 0 Å². The van der Waals surface area contributed by atoms with Crippen LogP contribution in [0.1, 0.15) is 11.1 Å². The molecule has 15 heavy (non-hydrogen) atoms. The molecule has 0 aromatic heterocycles. The minimum Gasteiger partial charge on any atom is -0.304 e. The molecule has 1 aromatic rings. The highest BCUT2D eigenvalue weighted by Crippen LogP contribution is 2.39. The molecule has 72 valence electrons. The molecule has 0 aliphatic heterocycles. The van der Waals surface area contributed by atoms with Gasteiger partial charge in [0, 0.05) is 5.56 Å². The number of carbonyl (C=O) groups excluding carboxylic acids is 1. The van der Waals surface area contributed by atoms with Gasteiger partial charge in [0.2, 0.25) is 0 Å². The number of allylic oxidation sites excluding steroid dienone is 4. The van der Waals surface area contributed by atoms with E-state index in [1.54, 1.807) is 12.2 Å². The van der Waals surface area contributed by atoms with E-state index in [2.05, 4.69) is 0 Å². The van der Waals surface area contributed by atoms with Gasteiger partial charge in [-0.1, -0.05) is 36.4 Å². The van der Waals surface area contributed by atoms with Gasteiger partial charge in [-0.2, -0.15) is 0 Å². The van der Waals surface area contributed by atoms with Crippen LogP contribution in [0, 0.1) is 11.3 Å². The fourth-order valence-electron chi connectivity index (χ4n) is 2.26. The van der Waals surface area contributed by atoms with E-state index in [1.807, 2.05) is 30.3 Å². The van der Waals surface area contributed by atoms with Crippen molar-refractivity contribution >= 4 is 17.1 Å². The minimum absolute atomic E-state index is 0.0219. The number of fused-ring (bicyclic) bond motifs is 3. The molecule has 2 aliphatic carbocycles. The molecular formula is C13H9NO. The first kappa shape index (κ1) is 8.36. The average Bonchev–Trinajstić information content (AvgIpc) is 2.55. The SMILES string of the molecule is N=C1c2ccccc2C2=CC=CC(=O)C12. The van der Waals surface area contributed by atoms with Crippen molar-refractivity contribution in [2.45, 2.75) is 0 Å². The molecule has 0 amide bonds. The Balaban J connectivity index is 2.29. The number of nitrogens with one attached hydrogen (secondary N) is 1. The summed E-state index contributed by atoms with van der Waals surface area (Å²) in [7, 11) is 0. The maximum Gasteiger partial charge on any atom is 0.169 e. The van der Waals surface area contributed by atoms with Crippen LogP contribution in [0.3, 0.4) is 0 Å². The number of hydrogen-bond acceptors (Lipinski definition) is 2. The molecule has 1 unspecified atom stereocenters. The summed E-state index contributed by atoms with van der Waals surface area (Å²) in [6.07, 6.45) is 5.25. The second-order valence-electron chi connectivity index (χ2n) is 3.78. The van der Waals surface area contributed by atoms with Crippen molar-refractivity contribution in [3.63, 3.8) is 0 Å². The largest absolute Gasteiger partial charge is 0.304 e. The van der Waals surface area contributed by atoms with Crippen molar-refractivity contribution in [1.29, 1.82) is 5.41 Å². The fraction of sp³-hybridized carbons (Fsp3) is 0.0769. The number of rotatable bonds is 0. The molecule has 1 atom stereocenters. The normalized spacial score (nSPS) is 22.4. The summed E-state index contributed by atoms with van der Waals surface area (Å²) >= 11 is 0. The number of carbonyl (C=O) groups is 1. The Morgan fingerprint density at radius 3 is 2.67 bits per heavy atom. The third kappa shape index (κ3) is 0.988. The topological polar surface area (TPSA) is 40.9 Å². The molecule has 0 spiro atoms. The van der Waals surface area contributed by atoms with Crippen molar-refractivity contribution in [3.05, 3.63) is 53.6 Å².